The maximum atomic E-state index is 15.5. The average molecular weight is 499 g/mol. The number of primary sulfonamides is 1. The first kappa shape index (κ1) is 23.1. The molecule has 9 nitrogen and oxygen atoms in total. The maximum Gasteiger partial charge on any atom is 0.311 e. The highest BCUT2D eigenvalue weighted by atomic mass is 35.5. The summed E-state index contributed by atoms with van der Waals surface area (Å²) in [7, 11) is -4.22. The number of nitrogens with one attached hydrogen (secondary N) is 1. The zero-order valence-electron chi connectivity index (χ0n) is 16.8. The van der Waals surface area contributed by atoms with Crippen LogP contribution in [0.5, 0.6) is 0 Å². The highest BCUT2D eigenvalue weighted by Crippen LogP contribution is 2.47. The minimum Gasteiger partial charge on any atom is -0.481 e. The van der Waals surface area contributed by atoms with Crippen molar-refractivity contribution < 1.29 is 31.9 Å². The molecule has 1 saturated carbocycles. The molecule has 3 aromatic rings. The lowest BCUT2D eigenvalue weighted by Crippen LogP contribution is -2.40. The van der Waals surface area contributed by atoms with Crippen molar-refractivity contribution in [2.24, 2.45) is 10.6 Å². The summed E-state index contributed by atoms with van der Waals surface area (Å²) in [6.07, 6.45) is 3.06. The number of aromatic amines is 1. The predicted molar refractivity (Wildman–Crippen MR) is 116 cm³/mol. The van der Waals surface area contributed by atoms with E-state index in [0.717, 1.165) is 17.0 Å². The van der Waals surface area contributed by atoms with E-state index in [1.165, 1.54) is 18.5 Å². The van der Waals surface area contributed by atoms with Gasteiger partial charge in [-0.1, -0.05) is 11.6 Å². The number of carboxylic acid groups (broad SMARTS) is 1. The lowest BCUT2D eigenvalue weighted by atomic mass is 10.0. The number of ketones is 1. The largest absolute Gasteiger partial charge is 0.481 e. The molecule has 4 rings (SSSR count). The Balaban J connectivity index is 1.81. The second-order valence-corrected chi connectivity index (χ2v) is 9.93. The van der Waals surface area contributed by atoms with Gasteiger partial charge in [0.1, 0.15) is 17.3 Å². The first-order chi connectivity index (χ1) is 15.4. The quantitative estimate of drug-likeness (QED) is 0.404. The van der Waals surface area contributed by atoms with Crippen molar-refractivity contribution in [3.8, 4) is 0 Å². The van der Waals surface area contributed by atoms with Gasteiger partial charge in [-0.2, -0.15) is 0 Å². The van der Waals surface area contributed by atoms with Gasteiger partial charge in [-0.25, -0.2) is 27.3 Å². The van der Waals surface area contributed by atoms with E-state index in [0.29, 0.717) is 0 Å². The molecular formula is C20H17ClF2N4O5S. The van der Waals surface area contributed by atoms with Gasteiger partial charge in [0.2, 0.25) is 15.8 Å². The number of nitrogens with two attached hydrogens (primary N) is 1. The highest BCUT2D eigenvalue weighted by Gasteiger charge is 2.52. The van der Waals surface area contributed by atoms with E-state index in [1.807, 2.05) is 0 Å². The van der Waals surface area contributed by atoms with E-state index < -0.39 is 56.0 Å². The summed E-state index contributed by atoms with van der Waals surface area (Å²) in [5.74, 6) is -5.65. The zero-order chi connectivity index (χ0) is 24.1. The summed E-state index contributed by atoms with van der Waals surface area (Å²) >= 11 is 5.92. The first-order valence-corrected chi connectivity index (χ1v) is 11.7. The summed E-state index contributed by atoms with van der Waals surface area (Å²) in [5, 5.41) is 15.0. The van der Waals surface area contributed by atoms with E-state index in [2.05, 4.69) is 9.97 Å². The van der Waals surface area contributed by atoms with E-state index in [-0.39, 0.29) is 41.0 Å². The molecule has 33 heavy (non-hydrogen) atoms. The summed E-state index contributed by atoms with van der Waals surface area (Å²) in [6.45, 7) is -0.387. The summed E-state index contributed by atoms with van der Waals surface area (Å²) in [4.78, 5) is 32.3. The third-order valence-corrected chi connectivity index (χ3v) is 6.40. The van der Waals surface area contributed by atoms with E-state index >= 15 is 4.39 Å². The number of fused-ring (bicyclic) bond motifs is 1. The number of carbonyl (C=O) groups is 2. The maximum absolute atomic E-state index is 15.5. The van der Waals surface area contributed by atoms with E-state index in [1.54, 1.807) is 0 Å². The van der Waals surface area contributed by atoms with E-state index in [4.69, 9.17) is 16.7 Å². The highest BCUT2D eigenvalue weighted by molar-refractivity contribution is 7.89. The monoisotopic (exact) mass is 498 g/mol. The molecule has 1 aliphatic carbocycles. The SMILES string of the molecule is NS(=O)(=O)CN(CC1(C(=O)O)CC1)c1ccc(F)c(C(=O)c2c[nH]c3ncc(Cl)cc23)c1F. The molecule has 0 amide bonds. The molecule has 2 heterocycles. The van der Waals surface area contributed by atoms with Crippen molar-refractivity contribution in [2.45, 2.75) is 12.8 Å². The van der Waals surface area contributed by atoms with Gasteiger partial charge in [-0.05, 0) is 31.0 Å². The van der Waals surface area contributed by atoms with Crippen molar-refractivity contribution in [1.82, 2.24) is 9.97 Å². The minimum absolute atomic E-state index is 0.0999. The number of carbonyl (C=O) groups excluding carboxylic acids is 1. The molecular weight excluding hydrogens is 482 g/mol. The van der Waals surface area contributed by atoms with Gasteiger partial charge in [0.25, 0.3) is 0 Å². The van der Waals surface area contributed by atoms with Gasteiger partial charge in [-0.3, -0.25) is 9.59 Å². The fourth-order valence-corrected chi connectivity index (χ4v) is 4.49. The van der Waals surface area contributed by atoms with Gasteiger partial charge in [0.15, 0.2) is 5.82 Å². The molecule has 0 spiro atoms. The molecule has 1 fully saturated rings. The Morgan fingerprint density at radius 3 is 2.61 bits per heavy atom. The van der Waals surface area contributed by atoms with Crippen molar-refractivity contribution in [2.75, 3.05) is 17.3 Å². The van der Waals surface area contributed by atoms with Crippen LogP contribution in [0.25, 0.3) is 11.0 Å². The van der Waals surface area contributed by atoms with E-state index in [9.17, 15) is 27.5 Å². The van der Waals surface area contributed by atoms with Crippen LogP contribution < -0.4 is 10.0 Å². The third-order valence-electron chi connectivity index (χ3n) is 5.52. The van der Waals surface area contributed by atoms with Crippen LogP contribution in [0, 0.1) is 17.0 Å². The molecule has 174 valence electrons. The Hall–Kier alpha value is -3.09. The van der Waals surface area contributed by atoms with Crippen molar-refractivity contribution in [1.29, 1.82) is 0 Å². The molecule has 2 aromatic heterocycles. The number of anilines is 1. The number of sulfonamides is 1. The van der Waals surface area contributed by atoms with Gasteiger partial charge in [0, 0.05) is 29.9 Å². The molecule has 13 heteroatoms. The first-order valence-electron chi connectivity index (χ1n) is 9.56. The Bertz CT molecular complexity index is 1400. The number of carboxylic acids is 1. The molecule has 0 saturated heterocycles. The molecule has 0 aliphatic heterocycles. The van der Waals surface area contributed by atoms with Crippen LogP contribution in [0.1, 0.15) is 28.8 Å². The molecule has 0 atom stereocenters. The normalized spacial score (nSPS) is 14.9. The summed E-state index contributed by atoms with van der Waals surface area (Å²) < 4.78 is 53.7. The van der Waals surface area contributed by atoms with Crippen LogP contribution in [-0.2, 0) is 14.8 Å². The third kappa shape index (κ3) is 4.41. The van der Waals surface area contributed by atoms with Crippen LogP contribution in [-0.4, -0.2) is 47.7 Å². The predicted octanol–water partition coefficient (Wildman–Crippen LogP) is 2.64. The molecule has 0 radical (unpaired) electrons. The van der Waals surface area contributed by atoms with Crippen LogP contribution >= 0.6 is 11.6 Å². The number of rotatable bonds is 8. The van der Waals surface area contributed by atoms with Crippen molar-refractivity contribution in [3.63, 3.8) is 0 Å². The number of aromatic nitrogens is 2. The number of benzene rings is 1. The smallest absolute Gasteiger partial charge is 0.311 e. The second-order valence-electron chi connectivity index (χ2n) is 7.91. The Kier molecular flexibility index (Phi) is 5.63. The van der Waals surface area contributed by atoms with Gasteiger partial charge in [-0.15, -0.1) is 0 Å². The molecule has 0 bridgehead atoms. The molecule has 0 unspecified atom stereocenters. The number of hydrogen-bond donors (Lipinski definition) is 3. The van der Waals surface area contributed by atoms with Crippen LogP contribution in [0.4, 0.5) is 14.5 Å². The van der Waals surface area contributed by atoms with Crippen molar-refractivity contribution >= 4 is 50.1 Å². The Morgan fingerprint density at radius 2 is 2.00 bits per heavy atom. The minimum atomic E-state index is -4.22. The van der Waals surface area contributed by atoms with Crippen LogP contribution in [0.2, 0.25) is 5.02 Å². The standard InChI is InChI=1S/C20H17ClF2N4O5S/c21-10-5-11-12(7-26-18(11)25-6-10)17(28)15-13(22)1-2-14(16(15)23)27(9-33(24,31)32)8-20(3-4-20)19(29)30/h1-2,5-7H,3-4,8-9H2,(H,25,26)(H,29,30)(H2,24,31,32). The molecule has 1 aliphatic rings. The number of hydrogen-bond acceptors (Lipinski definition) is 6. The Morgan fingerprint density at radius 1 is 1.30 bits per heavy atom. The van der Waals surface area contributed by atoms with Crippen molar-refractivity contribution in [3.05, 3.63) is 58.4 Å². The summed E-state index contributed by atoms with van der Waals surface area (Å²) in [6, 6.07) is 3.16. The Labute approximate surface area is 191 Å². The number of aliphatic carboxylic acids is 1. The average Bonchev–Trinajstić information content (AvgIpc) is 3.38. The van der Waals surface area contributed by atoms with Crippen LogP contribution in [0.3, 0.4) is 0 Å². The summed E-state index contributed by atoms with van der Waals surface area (Å²) in [5.41, 5.74) is -2.51. The zero-order valence-corrected chi connectivity index (χ0v) is 18.4. The number of nitrogens with zero attached hydrogens (tertiary/aromatic N) is 2. The number of H-pyrrole nitrogens is 1. The van der Waals surface area contributed by atoms with Gasteiger partial charge >= 0.3 is 5.97 Å². The fraction of sp³-hybridized carbons (Fsp3) is 0.250. The van der Waals surface area contributed by atoms with Gasteiger partial charge in [0.05, 0.1) is 21.7 Å². The topological polar surface area (TPSA) is 146 Å². The molecule has 1 aromatic carbocycles. The lowest BCUT2D eigenvalue weighted by Gasteiger charge is -2.27. The fourth-order valence-electron chi connectivity index (χ4n) is 3.67. The lowest BCUT2D eigenvalue weighted by molar-refractivity contribution is -0.142. The van der Waals surface area contributed by atoms with Crippen LogP contribution in [0.15, 0.2) is 30.6 Å². The molecule has 4 N–H and O–H groups in total. The number of halogens is 3. The second kappa shape index (κ2) is 8.04. The van der Waals surface area contributed by atoms with Gasteiger partial charge < -0.3 is 15.0 Å². The number of pyridine rings is 1.